The number of aromatic hydroxyl groups is 1. The van der Waals surface area contributed by atoms with E-state index in [0.29, 0.717) is 10.2 Å². The predicted molar refractivity (Wildman–Crippen MR) is 80.8 cm³/mol. The van der Waals surface area contributed by atoms with Crippen molar-refractivity contribution in [3.8, 4) is 11.5 Å². The zero-order chi connectivity index (χ0) is 14.7. The fourth-order valence-electron chi connectivity index (χ4n) is 1.88. The summed E-state index contributed by atoms with van der Waals surface area (Å²) in [6, 6.07) is 9.92. The monoisotopic (exact) mass is 339 g/mol. The van der Waals surface area contributed by atoms with Gasteiger partial charge in [-0.15, -0.1) is 0 Å². The molecular weight excluding hydrogens is 325 g/mol. The first-order valence-electron chi connectivity index (χ1n) is 6.09. The molecule has 1 unspecified atom stereocenters. The van der Waals surface area contributed by atoms with E-state index in [1.54, 1.807) is 24.3 Å². The average Bonchev–Trinajstić information content (AvgIpc) is 2.43. The number of rotatable bonds is 4. The van der Waals surface area contributed by atoms with Crippen molar-refractivity contribution in [2.45, 2.75) is 13.0 Å². The molecule has 5 heteroatoms. The number of phenolic OH excluding ortho intramolecular Hbond substituents is 1. The molecule has 0 saturated heterocycles. The molecule has 0 saturated carbocycles. The van der Waals surface area contributed by atoms with Crippen molar-refractivity contribution in [1.82, 2.24) is 0 Å². The molecule has 0 aromatic heterocycles. The molecule has 1 atom stereocenters. The molecule has 0 aliphatic heterocycles. The largest absolute Gasteiger partial charge is 0.504 e. The molecule has 0 aliphatic rings. The number of benzene rings is 2. The predicted octanol–water partition coefficient (Wildman–Crippen LogP) is 4.48. The van der Waals surface area contributed by atoms with Crippen LogP contribution in [0.5, 0.6) is 11.5 Å². The Morgan fingerprint density at radius 1 is 1.25 bits per heavy atom. The molecule has 0 bridgehead atoms. The Hall–Kier alpha value is -1.75. The summed E-state index contributed by atoms with van der Waals surface area (Å²) in [6.07, 6.45) is 0. The van der Waals surface area contributed by atoms with Crippen molar-refractivity contribution in [2.75, 3.05) is 12.4 Å². The minimum atomic E-state index is -0.297. The van der Waals surface area contributed by atoms with Crippen LogP contribution in [0.25, 0.3) is 0 Å². The Balaban J connectivity index is 2.19. The number of phenols is 1. The summed E-state index contributed by atoms with van der Waals surface area (Å²) in [5.74, 6) is 0.235. The molecule has 2 rings (SSSR count). The van der Waals surface area contributed by atoms with Crippen molar-refractivity contribution >= 4 is 21.6 Å². The van der Waals surface area contributed by atoms with Crippen LogP contribution in [0.1, 0.15) is 18.5 Å². The molecule has 0 spiro atoms. The number of methoxy groups -OCH3 is 1. The molecule has 2 N–H and O–H groups in total. The highest BCUT2D eigenvalue weighted by Crippen LogP contribution is 2.30. The fraction of sp³-hybridized carbons (Fsp3) is 0.200. The van der Waals surface area contributed by atoms with E-state index in [2.05, 4.69) is 21.2 Å². The van der Waals surface area contributed by atoms with E-state index >= 15 is 0 Å². The molecule has 0 amide bonds. The van der Waals surface area contributed by atoms with Crippen molar-refractivity contribution in [3.63, 3.8) is 0 Å². The Labute approximate surface area is 125 Å². The van der Waals surface area contributed by atoms with Gasteiger partial charge in [0.1, 0.15) is 5.82 Å². The summed E-state index contributed by atoms with van der Waals surface area (Å²) in [4.78, 5) is 0. The number of ether oxygens (including phenoxy) is 1. The lowest BCUT2D eigenvalue weighted by molar-refractivity contribution is 0.373. The summed E-state index contributed by atoms with van der Waals surface area (Å²) in [6.45, 7) is 1.98. The SMILES string of the molecule is COc1cc(C(C)Nc2ccc(F)c(Br)c2)ccc1O. The van der Waals surface area contributed by atoms with Crippen LogP contribution in [0.4, 0.5) is 10.1 Å². The number of halogens is 2. The van der Waals surface area contributed by atoms with E-state index in [-0.39, 0.29) is 17.6 Å². The van der Waals surface area contributed by atoms with Crippen LogP contribution in [0.2, 0.25) is 0 Å². The smallest absolute Gasteiger partial charge is 0.160 e. The van der Waals surface area contributed by atoms with Gasteiger partial charge in [0.2, 0.25) is 0 Å². The Bertz CT molecular complexity index is 619. The van der Waals surface area contributed by atoms with Gasteiger partial charge in [-0.2, -0.15) is 0 Å². The lowest BCUT2D eigenvalue weighted by Gasteiger charge is -2.17. The topological polar surface area (TPSA) is 41.5 Å². The first-order valence-corrected chi connectivity index (χ1v) is 6.89. The van der Waals surface area contributed by atoms with Crippen LogP contribution in [0.15, 0.2) is 40.9 Å². The third kappa shape index (κ3) is 3.22. The highest BCUT2D eigenvalue weighted by molar-refractivity contribution is 9.10. The third-order valence-electron chi connectivity index (χ3n) is 3.01. The standard InChI is InChI=1S/C15H15BrFNO2/c1-9(10-3-6-14(19)15(7-10)20-2)18-11-4-5-13(17)12(16)8-11/h3-9,18-19H,1-2H3. The summed E-state index contributed by atoms with van der Waals surface area (Å²) in [5, 5.41) is 12.8. The van der Waals surface area contributed by atoms with Crippen molar-refractivity contribution in [3.05, 3.63) is 52.3 Å². The fourth-order valence-corrected chi connectivity index (χ4v) is 2.26. The summed E-state index contributed by atoms with van der Waals surface area (Å²) in [7, 11) is 1.51. The van der Waals surface area contributed by atoms with E-state index in [1.807, 2.05) is 13.0 Å². The van der Waals surface area contributed by atoms with Gasteiger partial charge in [0.05, 0.1) is 11.6 Å². The highest BCUT2D eigenvalue weighted by atomic mass is 79.9. The molecule has 2 aromatic carbocycles. The summed E-state index contributed by atoms with van der Waals surface area (Å²) >= 11 is 3.16. The lowest BCUT2D eigenvalue weighted by Crippen LogP contribution is -2.06. The Kier molecular flexibility index (Phi) is 4.49. The van der Waals surface area contributed by atoms with E-state index in [0.717, 1.165) is 11.3 Å². The van der Waals surface area contributed by atoms with Crippen LogP contribution in [-0.4, -0.2) is 12.2 Å². The summed E-state index contributed by atoms with van der Waals surface area (Å²) in [5.41, 5.74) is 1.76. The second-order valence-corrected chi connectivity index (χ2v) is 5.28. The molecule has 0 radical (unpaired) electrons. The van der Waals surface area contributed by atoms with Gasteiger partial charge in [0.15, 0.2) is 11.5 Å². The van der Waals surface area contributed by atoms with Gasteiger partial charge in [-0.05, 0) is 58.7 Å². The quantitative estimate of drug-likeness (QED) is 0.863. The number of hydrogen-bond acceptors (Lipinski definition) is 3. The first-order chi connectivity index (χ1) is 9.51. The van der Waals surface area contributed by atoms with E-state index in [1.165, 1.54) is 13.2 Å². The van der Waals surface area contributed by atoms with Gasteiger partial charge in [0.25, 0.3) is 0 Å². The van der Waals surface area contributed by atoms with Crippen molar-refractivity contribution in [2.24, 2.45) is 0 Å². The number of nitrogens with one attached hydrogen (secondary N) is 1. The Morgan fingerprint density at radius 2 is 2.00 bits per heavy atom. The van der Waals surface area contributed by atoms with Crippen molar-refractivity contribution < 1.29 is 14.2 Å². The van der Waals surface area contributed by atoms with Crippen LogP contribution >= 0.6 is 15.9 Å². The van der Waals surface area contributed by atoms with Gasteiger partial charge in [-0.25, -0.2) is 4.39 Å². The van der Waals surface area contributed by atoms with E-state index in [4.69, 9.17) is 4.74 Å². The highest BCUT2D eigenvalue weighted by Gasteiger charge is 2.10. The van der Waals surface area contributed by atoms with Gasteiger partial charge in [-0.1, -0.05) is 6.07 Å². The molecule has 0 aliphatic carbocycles. The molecule has 0 fully saturated rings. The maximum absolute atomic E-state index is 13.2. The normalized spacial score (nSPS) is 12.0. The second-order valence-electron chi connectivity index (χ2n) is 4.43. The average molecular weight is 340 g/mol. The zero-order valence-corrected chi connectivity index (χ0v) is 12.7. The minimum Gasteiger partial charge on any atom is -0.504 e. The van der Waals surface area contributed by atoms with E-state index in [9.17, 15) is 9.50 Å². The number of anilines is 1. The molecule has 20 heavy (non-hydrogen) atoms. The Morgan fingerprint density at radius 3 is 2.65 bits per heavy atom. The van der Waals surface area contributed by atoms with Crippen LogP contribution in [0, 0.1) is 5.82 Å². The van der Waals surface area contributed by atoms with Gasteiger partial charge in [0, 0.05) is 11.7 Å². The minimum absolute atomic E-state index is 0.0122. The van der Waals surface area contributed by atoms with Gasteiger partial charge < -0.3 is 15.2 Å². The molecule has 106 valence electrons. The zero-order valence-electron chi connectivity index (χ0n) is 11.2. The van der Waals surface area contributed by atoms with E-state index < -0.39 is 0 Å². The first kappa shape index (κ1) is 14.7. The van der Waals surface area contributed by atoms with Crippen LogP contribution in [-0.2, 0) is 0 Å². The number of hydrogen-bond donors (Lipinski definition) is 2. The second kappa shape index (κ2) is 6.13. The maximum atomic E-state index is 13.2. The molecular formula is C15H15BrFNO2. The maximum Gasteiger partial charge on any atom is 0.160 e. The molecule has 2 aromatic rings. The third-order valence-corrected chi connectivity index (χ3v) is 3.61. The van der Waals surface area contributed by atoms with Gasteiger partial charge >= 0.3 is 0 Å². The van der Waals surface area contributed by atoms with Crippen molar-refractivity contribution in [1.29, 1.82) is 0 Å². The van der Waals surface area contributed by atoms with Crippen LogP contribution < -0.4 is 10.1 Å². The molecule has 3 nitrogen and oxygen atoms in total. The molecule has 0 heterocycles. The van der Waals surface area contributed by atoms with Crippen LogP contribution in [0.3, 0.4) is 0 Å². The lowest BCUT2D eigenvalue weighted by atomic mass is 10.1. The van der Waals surface area contributed by atoms with Gasteiger partial charge in [-0.3, -0.25) is 0 Å². The summed E-state index contributed by atoms with van der Waals surface area (Å²) < 4.78 is 18.7.